The molecule has 0 atom stereocenters. The molecule has 0 N–H and O–H groups in total. The minimum Gasteiger partial charge on any atom is -0.307 e. The molecule has 2 aromatic heterocycles. The number of hydrogen-bond acceptors (Lipinski definition) is 0. The van der Waals surface area contributed by atoms with Crippen LogP contribution in [0.4, 0.5) is 0 Å². The molecule has 1 heteroatoms. The predicted octanol–water partition coefficient (Wildman–Crippen LogP) is 11.0. The van der Waals surface area contributed by atoms with Gasteiger partial charge in [-0.3, -0.25) is 0 Å². The van der Waals surface area contributed by atoms with Crippen LogP contribution in [0.1, 0.15) is 0 Å². The SMILES string of the molecule is c1ccc(-c2cc(-c3ccccc3)n3c2c2c4ccccc4ccc2c2c4ccccc4c4ccccc4c23)cc1. The maximum Gasteiger partial charge on any atom is 0.0626 e. The Bertz CT molecular complexity index is 2450. The Morgan fingerprint density at radius 3 is 1.61 bits per heavy atom. The molecule has 190 valence electrons. The van der Waals surface area contributed by atoms with Crippen molar-refractivity contribution in [2.24, 2.45) is 0 Å². The number of pyridine rings is 1. The number of fused-ring (bicyclic) bond motifs is 13. The van der Waals surface area contributed by atoms with Crippen LogP contribution in [0.2, 0.25) is 0 Å². The summed E-state index contributed by atoms with van der Waals surface area (Å²) in [5, 5.41) is 11.6. The minimum atomic E-state index is 1.21. The largest absolute Gasteiger partial charge is 0.307 e. The van der Waals surface area contributed by atoms with Gasteiger partial charge in [0.25, 0.3) is 0 Å². The van der Waals surface area contributed by atoms with Gasteiger partial charge in [-0.25, -0.2) is 0 Å². The predicted molar refractivity (Wildman–Crippen MR) is 176 cm³/mol. The van der Waals surface area contributed by atoms with Crippen LogP contribution in [-0.2, 0) is 0 Å². The fraction of sp³-hybridized carbons (Fsp3) is 0. The highest BCUT2D eigenvalue weighted by molar-refractivity contribution is 6.35. The maximum absolute atomic E-state index is 2.57. The van der Waals surface area contributed by atoms with Gasteiger partial charge in [-0.05, 0) is 49.5 Å². The molecule has 0 aliphatic carbocycles. The number of rotatable bonds is 2. The lowest BCUT2D eigenvalue weighted by atomic mass is 9.91. The third-order valence-electron chi connectivity index (χ3n) is 8.72. The molecule has 0 saturated carbocycles. The van der Waals surface area contributed by atoms with Crippen molar-refractivity contribution in [2.75, 3.05) is 0 Å². The average Bonchev–Trinajstić information content (AvgIpc) is 3.46. The summed E-state index contributed by atoms with van der Waals surface area (Å²) >= 11 is 0. The molecule has 0 radical (unpaired) electrons. The van der Waals surface area contributed by atoms with Gasteiger partial charge in [0.15, 0.2) is 0 Å². The molecule has 9 aromatic rings. The van der Waals surface area contributed by atoms with Crippen molar-refractivity contribution in [3.05, 3.63) is 152 Å². The first kappa shape index (κ1) is 22.4. The van der Waals surface area contributed by atoms with E-state index >= 15 is 0 Å². The lowest BCUT2D eigenvalue weighted by Gasteiger charge is -2.19. The van der Waals surface area contributed by atoms with E-state index in [-0.39, 0.29) is 0 Å². The second kappa shape index (κ2) is 8.55. The fourth-order valence-electron chi connectivity index (χ4n) is 7.01. The Labute approximate surface area is 237 Å². The second-order valence-corrected chi connectivity index (χ2v) is 10.9. The third-order valence-corrected chi connectivity index (χ3v) is 8.72. The van der Waals surface area contributed by atoms with Crippen LogP contribution in [0.3, 0.4) is 0 Å². The van der Waals surface area contributed by atoms with Gasteiger partial charge in [0, 0.05) is 21.7 Å². The number of nitrogens with zero attached hydrogens (tertiary/aromatic N) is 1. The van der Waals surface area contributed by atoms with Crippen LogP contribution in [0.25, 0.3) is 81.9 Å². The summed E-state index contributed by atoms with van der Waals surface area (Å²) in [6.07, 6.45) is 0. The van der Waals surface area contributed by atoms with Crippen LogP contribution >= 0.6 is 0 Å². The van der Waals surface area contributed by atoms with E-state index in [1.807, 2.05) is 0 Å². The Balaban J connectivity index is 1.70. The van der Waals surface area contributed by atoms with Gasteiger partial charge in [-0.1, -0.05) is 146 Å². The van der Waals surface area contributed by atoms with Gasteiger partial charge in [0.2, 0.25) is 0 Å². The number of aromatic nitrogens is 1. The summed E-state index contributed by atoms with van der Waals surface area (Å²) in [5.41, 5.74) is 7.42. The molecule has 0 amide bonds. The Hall–Kier alpha value is -5.40. The molecule has 0 bridgehead atoms. The minimum absolute atomic E-state index is 1.21. The summed E-state index contributed by atoms with van der Waals surface area (Å²) in [5.74, 6) is 0. The fourth-order valence-corrected chi connectivity index (χ4v) is 7.01. The van der Waals surface area contributed by atoms with Crippen LogP contribution in [0.5, 0.6) is 0 Å². The van der Waals surface area contributed by atoms with Gasteiger partial charge >= 0.3 is 0 Å². The first-order chi connectivity index (χ1) is 20.4. The number of hydrogen-bond donors (Lipinski definition) is 0. The molecule has 0 aliphatic heterocycles. The normalized spacial score (nSPS) is 11.9. The molecular formula is C40H25N. The van der Waals surface area contributed by atoms with E-state index in [1.165, 1.54) is 81.9 Å². The highest BCUT2D eigenvalue weighted by atomic mass is 14.9. The average molecular weight is 520 g/mol. The smallest absolute Gasteiger partial charge is 0.0626 e. The van der Waals surface area contributed by atoms with E-state index in [2.05, 4.69) is 156 Å². The Morgan fingerprint density at radius 2 is 0.878 bits per heavy atom. The standard InChI is InChI=1S/C40H25N/c1-3-13-26(14-4-1)35-25-36(28-16-5-2-6-17-28)41-39-33-22-12-10-20-31(33)30-19-9-11-21-32(30)38(39)34-24-23-27-15-7-8-18-29(27)37(34)40(35)41/h1-25H. The zero-order chi connectivity index (χ0) is 26.9. The van der Waals surface area contributed by atoms with Crippen molar-refractivity contribution < 1.29 is 0 Å². The lowest BCUT2D eigenvalue weighted by molar-refractivity contribution is 1.30. The molecule has 9 rings (SSSR count). The lowest BCUT2D eigenvalue weighted by Crippen LogP contribution is -1.97. The molecule has 0 fully saturated rings. The quantitative estimate of drug-likeness (QED) is 0.200. The van der Waals surface area contributed by atoms with Crippen LogP contribution < -0.4 is 0 Å². The summed E-state index contributed by atoms with van der Waals surface area (Å²) in [4.78, 5) is 0. The van der Waals surface area contributed by atoms with E-state index in [0.29, 0.717) is 0 Å². The molecule has 0 aliphatic rings. The third kappa shape index (κ3) is 3.12. The van der Waals surface area contributed by atoms with Crippen molar-refractivity contribution >= 4 is 59.5 Å². The highest BCUT2D eigenvalue weighted by Crippen LogP contribution is 2.47. The van der Waals surface area contributed by atoms with Crippen molar-refractivity contribution in [3.8, 4) is 22.4 Å². The van der Waals surface area contributed by atoms with Gasteiger partial charge in [0.1, 0.15) is 0 Å². The first-order valence-corrected chi connectivity index (χ1v) is 14.2. The van der Waals surface area contributed by atoms with E-state index in [0.717, 1.165) is 0 Å². The van der Waals surface area contributed by atoms with Gasteiger partial charge in [-0.15, -0.1) is 0 Å². The summed E-state index contributed by atoms with van der Waals surface area (Å²) in [6, 6.07) is 55.4. The zero-order valence-corrected chi connectivity index (χ0v) is 22.4. The van der Waals surface area contributed by atoms with E-state index in [9.17, 15) is 0 Å². The Morgan fingerprint density at radius 1 is 0.341 bits per heavy atom. The molecule has 0 spiro atoms. The molecule has 41 heavy (non-hydrogen) atoms. The highest BCUT2D eigenvalue weighted by Gasteiger charge is 2.23. The Kier molecular flexibility index (Phi) is 4.67. The molecular weight excluding hydrogens is 494 g/mol. The van der Waals surface area contributed by atoms with Crippen molar-refractivity contribution in [1.82, 2.24) is 4.40 Å². The van der Waals surface area contributed by atoms with Crippen molar-refractivity contribution in [3.63, 3.8) is 0 Å². The topological polar surface area (TPSA) is 4.41 Å². The molecule has 0 unspecified atom stereocenters. The van der Waals surface area contributed by atoms with Gasteiger partial charge in [-0.2, -0.15) is 0 Å². The molecule has 2 heterocycles. The first-order valence-electron chi connectivity index (χ1n) is 14.2. The van der Waals surface area contributed by atoms with Crippen molar-refractivity contribution in [2.45, 2.75) is 0 Å². The van der Waals surface area contributed by atoms with E-state index in [1.54, 1.807) is 0 Å². The van der Waals surface area contributed by atoms with Crippen LogP contribution in [0, 0.1) is 0 Å². The molecule has 7 aromatic carbocycles. The van der Waals surface area contributed by atoms with Crippen molar-refractivity contribution in [1.29, 1.82) is 0 Å². The van der Waals surface area contributed by atoms with Gasteiger partial charge < -0.3 is 4.40 Å². The summed E-state index contributed by atoms with van der Waals surface area (Å²) in [7, 11) is 0. The maximum atomic E-state index is 2.57. The summed E-state index contributed by atoms with van der Waals surface area (Å²) < 4.78 is 2.57. The van der Waals surface area contributed by atoms with E-state index < -0.39 is 0 Å². The monoisotopic (exact) mass is 519 g/mol. The van der Waals surface area contributed by atoms with Crippen LogP contribution in [0.15, 0.2) is 152 Å². The van der Waals surface area contributed by atoms with E-state index in [4.69, 9.17) is 0 Å². The molecule has 1 nitrogen and oxygen atoms in total. The van der Waals surface area contributed by atoms with Crippen LogP contribution in [-0.4, -0.2) is 4.40 Å². The van der Waals surface area contributed by atoms with Gasteiger partial charge in [0.05, 0.1) is 16.7 Å². The second-order valence-electron chi connectivity index (χ2n) is 10.9. The molecule has 0 saturated heterocycles. The summed E-state index contributed by atoms with van der Waals surface area (Å²) in [6.45, 7) is 0. The zero-order valence-electron chi connectivity index (χ0n) is 22.4. The number of benzene rings is 7.